The van der Waals surface area contributed by atoms with Crippen LogP contribution < -0.4 is 10.6 Å². The highest BCUT2D eigenvalue weighted by atomic mass is 16.2. The fourth-order valence-corrected chi connectivity index (χ4v) is 5.25. The standard InChI is InChI=1S/C27H30N6O2.C2H6/c1-17(34)32-12-14-33(15-13-32)27(35)19-7-5-18(6-8-19)25-20-4-3-11-31(2)26(20)24-21(16-28)22(29)9-10-23(24)30-25;1-2/h5-10,16,28H,3-4,11-15,29H2,1-2H3;1-2H3. The molecule has 2 amide bonds. The lowest BCUT2D eigenvalue weighted by Crippen LogP contribution is -2.50. The Balaban J connectivity index is 0.00000156. The molecule has 3 heterocycles. The number of aromatic nitrogens is 1. The van der Waals surface area contributed by atoms with Gasteiger partial charge in [0.2, 0.25) is 5.91 Å². The highest BCUT2D eigenvalue weighted by Crippen LogP contribution is 2.41. The van der Waals surface area contributed by atoms with E-state index < -0.39 is 0 Å². The van der Waals surface area contributed by atoms with Gasteiger partial charge in [-0.3, -0.25) is 9.59 Å². The van der Waals surface area contributed by atoms with E-state index in [0.29, 0.717) is 43.0 Å². The number of carbonyl (C=O) groups excluding carboxylic acids is 2. The Morgan fingerprint density at radius 1 is 0.973 bits per heavy atom. The van der Waals surface area contributed by atoms with Crippen molar-refractivity contribution >= 4 is 40.3 Å². The number of nitrogens with one attached hydrogen (secondary N) is 1. The molecular weight excluding hydrogens is 464 g/mol. The summed E-state index contributed by atoms with van der Waals surface area (Å²) in [6, 6.07) is 11.4. The summed E-state index contributed by atoms with van der Waals surface area (Å²) in [7, 11) is 2.08. The second-order valence-electron chi connectivity index (χ2n) is 9.30. The van der Waals surface area contributed by atoms with Crippen molar-refractivity contribution in [3.63, 3.8) is 0 Å². The summed E-state index contributed by atoms with van der Waals surface area (Å²) in [5.74, 6) is 0.0350. The van der Waals surface area contributed by atoms with E-state index in [1.54, 1.807) is 11.8 Å². The Morgan fingerprint density at radius 3 is 2.24 bits per heavy atom. The van der Waals surface area contributed by atoms with Gasteiger partial charge in [-0.05, 0) is 37.1 Å². The van der Waals surface area contributed by atoms with E-state index in [1.165, 1.54) is 6.21 Å². The maximum atomic E-state index is 13.0. The first-order valence-electron chi connectivity index (χ1n) is 13.0. The van der Waals surface area contributed by atoms with Crippen LogP contribution in [0.3, 0.4) is 0 Å². The Morgan fingerprint density at radius 2 is 1.62 bits per heavy atom. The van der Waals surface area contributed by atoms with Crippen LogP contribution in [0.1, 0.15) is 48.7 Å². The van der Waals surface area contributed by atoms with Crippen LogP contribution in [-0.2, 0) is 11.2 Å². The van der Waals surface area contributed by atoms with Gasteiger partial charge in [0, 0.05) is 86.2 Å². The molecule has 1 fully saturated rings. The summed E-state index contributed by atoms with van der Waals surface area (Å²) >= 11 is 0. The molecule has 3 aromatic rings. The maximum absolute atomic E-state index is 13.0. The number of fused-ring (bicyclic) bond motifs is 3. The average molecular weight is 501 g/mol. The number of pyridine rings is 1. The molecule has 8 nitrogen and oxygen atoms in total. The van der Waals surface area contributed by atoms with Crippen LogP contribution >= 0.6 is 0 Å². The molecule has 0 saturated carbocycles. The van der Waals surface area contributed by atoms with Gasteiger partial charge in [0.15, 0.2) is 0 Å². The summed E-state index contributed by atoms with van der Waals surface area (Å²) < 4.78 is 0. The predicted molar refractivity (Wildman–Crippen MR) is 151 cm³/mol. The largest absolute Gasteiger partial charge is 0.398 e. The van der Waals surface area contributed by atoms with E-state index in [2.05, 4.69) is 11.9 Å². The lowest BCUT2D eigenvalue weighted by Gasteiger charge is -2.34. The quantitative estimate of drug-likeness (QED) is 0.414. The number of hydrogen-bond acceptors (Lipinski definition) is 6. The molecule has 0 spiro atoms. The number of benzene rings is 2. The van der Waals surface area contributed by atoms with Crippen LogP contribution in [0, 0.1) is 5.41 Å². The Hall–Kier alpha value is -3.94. The summed E-state index contributed by atoms with van der Waals surface area (Å²) in [4.78, 5) is 35.4. The Kier molecular flexibility index (Phi) is 7.76. The van der Waals surface area contributed by atoms with E-state index in [0.717, 1.165) is 52.8 Å². The van der Waals surface area contributed by atoms with E-state index in [1.807, 2.05) is 55.1 Å². The van der Waals surface area contributed by atoms with Gasteiger partial charge in [0.25, 0.3) is 5.91 Å². The summed E-state index contributed by atoms with van der Waals surface area (Å²) in [5.41, 5.74) is 13.0. The van der Waals surface area contributed by atoms with Gasteiger partial charge in [-0.1, -0.05) is 26.0 Å². The first kappa shape index (κ1) is 26.1. The molecule has 2 aliphatic heterocycles. The van der Waals surface area contributed by atoms with Crippen molar-refractivity contribution in [1.82, 2.24) is 14.8 Å². The van der Waals surface area contributed by atoms with Gasteiger partial charge in [-0.25, -0.2) is 4.98 Å². The van der Waals surface area contributed by atoms with Crippen molar-refractivity contribution in [2.75, 3.05) is 50.4 Å². The van der Waals surface area contributed by atoms with Crippen LogP contribution in [0.25, 0.3) is 22.2 Å². The lowest BCUT2D eigenvalue weighted by molar-refractivity contribution is -0.130. The molecule has 37 heavy (non-hydrogen) atoms. The molecular formula is C29H36N6O2. The van der Waals surface area contributed by atoms with Gasteiger partial charge in [0.05, 0.1) is 16.9 Å². The number of hydrogen-bond donors (Lipinski definition) is 2. The third kappa shape index (κ3) is 4.88. The minimum absolute atomic E-state index is 0.0147. The van der Waals surface area contributed by atoms with E-state index in [-0.39, 0.29) is 11.8 Å². The van der Waals surface area contributed by atoms with E-state index in [4.69, 9.17) is 16.1 Å². The lowest BCUT2D eigenvalue weighted by atomic mass is 9.91. The maximum Gasteiger partial charge on any atom is 0.253 e. The third-order valence-corrected chi connectivity index (χ3v) is 7.16. The van der Waals surface area contributed by atoms with E-state index >= 15 is 0 Å². The molecule has 3 N–H and O–H groups in total. The molecule has 0 aliphatic carbocycles. The first-order valence-corrected chi connectivity index (χ1v) is 13.0. The monoisotopic (exact) mass is 500 g/mol. The summed E-state index contributed by atoms with van der Waals surface area (Å²) in [5, 5.41) is 8.87. The molecule has 8 heteroatoms. The van der Waals surface area contributed by atoms with Crippen LogP contribution in [0.2, 0.25) is 0 Å². The van der Waals surface area contributed by atoms with Crippen molar-refractivity contribution in [1.29, 1.82) is 5.41 Å². The zero-order chi connectivity index (χ0) is 26.7. The van der Waals surface area contributed by atoms with Crippen LogP contribution in [0.15, 0.2) is 36.4 Å². The minimum atomic E-state index is -0.0147. The number of amides is 2. The minimum Gasteiger partial charge on any atom is -0.398 e. The van der Waals surface area contributed by atoms with Crippen molar-refractivity contribution in [3.8, 4) is 11.3 Å². The van der Waals surface area contributed by atoms with Crippen LogP contribution in [-0.4, -0.2) is 72.6 Å². The van der Waals surface area contributed by atoms with Crippen molar-refractivity contribution < 1.29 is 9.59 Å². The number of nitrogens with zero attached hydrogens (tertiary/aromatic N) is 4. The Bertz CT molecular complexity index is 1330. The molecule has 2 aliphatic rings. The fourth-order valence-electron chi connectivity index (χ4n) is 5.25. The molecule has 0 unspecified atom stereocenters. The molecule has 0 bridgehead atoms. The molecule has 0 radical (unpaired) electrons. The number of nitrogens with two attached hydrogens (primary N) is 1. The molecule has 5 rings (SSSR count). The van der Waals surface area contributed by atoms with Crippen molar-refractivity contribution in [2.45, 2.75) is 33.6 Å². The second kappa shape index (κ2) is 11.0. The number of piperazine rings is 1. The number of carbonyl (C=O) groups is 2. The van der Waals surface area contributed by atoms with E-state index in [9.17, 15) is 9.59 Å². The third-order valence-electron chi connectivity index (χ3n) is 7.16. The topological polar surface area (TPSA) is 107 Å². The predicted octanol–water partition coefficient (Wildman–Crippen LogP) is 4.19. The molecule has 194 valence electrons. The molecule has 0 atom stereocenters. The fraction of sp³-hybridized carbons (Fsp3) is 0.379. The second-order valence-corrected chi connectivity index (χ2v) is 9.30. The molecule has 1 aromatic heterocycles. The number of anilines is 2. The van der Waals surface area contributed by atoms with Gasteiger partial charge in [0.1, 0.15) is 0 Å². The number of nitrogen functional groups attached to an aromatic ring is 1. The molecule has 1 saturated heterocycles. The van der Waals surface area contributed by atoms with Gasteiger partial charge < -0.3 is 25.8 Å². The van der Waals surface area contributed by atoms with Crippen molar-refractivity contribution in [2.24, 2.45) is 0 Å². The van der Waals surface area contributed by atoms with Crippen LogP contribution in [0.5, 0.6) is 0 Å². The Labute approximate surface area is 218 Å². The normalized spacial score (nSPS) is 15.1. The smallest absolute Gasteiger partial charge is 0.253 e. The highest BCUT2D eigenvalue weighted by molar-refractivity contribution is 6.10. The van der Waals surface area contributed by atoms with Gasteiger partial charge in [-0.2, -0.15) is 0 Å². The summed E-state index contributed by atoms with van der Waals surface area (Å²) in [6.07, 6.45) is 3.23. The zero-order valence-electron chi connectivity index (χ0n) is 22.2. The average Bonchev–Trinajstić information content (AvgIpc) is 2.93. The SMILES string of the molecule is CC.CC(=O)N1CCN(C(=O)c2ccc(-c3nc4ccc(N)c(C=N)c4c4c3CCCN4C)cc2)CC1. The summed E-state index contributed by atoms with van der Waals surface area (Å²) in [6.45, 7) is 8.73. The van der Waals surface area contributed by atoms with Gasteiger partial charge >= 0.3 is 0 Å². The van der Waals surface area contributed by atoms with Crippen molar-refractivity contribution in [3.05, 3.63) is 53.1 Å². The van der Waals surface area contributed by atoms with Crippen LogP contribution in [0.4, 0.5) is 11.4 Å². The van der Waals surface area contributed by atoms with Gasteiger partial charge in [-0.15, -0.1) is 0 Å². The first-order chi connectivity index (χ1) is 17.9. The molecule has 2 aromatic carbocycles. The number of rotatable bonds is 3. The zero-order valence-corrected chi connectivity index (χ0v) is 22.2. The highest BCUT2D eigenvalue weighted by Gasteiger charge is 2.26.